The molecular formula is C9H19N3S. The molecule has 0 rings (SSSR count). The second-order valence-electron chi connectivity index (χ2n) is 2.84. The first-order valence-electron chi connectivity index (χ1n) is 4.25. The third-order valence-electron chi connectivity index (χ3n) is 1.49. The normalized spacial score (nSPS) is 10.3. The Kier molecular flexibility index (Phi) is 7.39. The summed E-state index contributed by atoms with van der Waals surface area (Å²) in [7, 11) is 2.04. The Morgan fingerprint density at radius 3 is 2.69 bits per heavy atom. The molecule has 0 saturated carbocycles. The molecule has 0 aliphatic rings. The van der Waals surface area contributed by atoms with Crippen LogP contribution in [0.25, 0.3) is 0 Å². The van der Waals surface area contributed by atoms with Gasteiger partial charge in [-0.05, 0) is 36.8 Å². The van der Waals surface area contributed by atoms with Crippen molar-refractivity contribution in [3.8, 4) is 0 Å². The van der Waals surface area contributed by atoms with Gasteiger partial charge < -0.3 is 16.4 Å². The summed E-state index contributed by atoms with van der Waals surface area (Å²) in [6.07, 6.45) is 8.83. The van der Waals surface area contributed by atoms with Gasteiger partial charge in [0.15, 0.2) is 0 Å². The molecule has 0 aliphatic heterocycles. The van der Waals surface area contributed by atoms with Gasteiger partial charge in [0.05, 0.1) is 5.82 Å². The molecule has 0 radical (unpaired) electrons. The first-order valence-corrected chi connectivity index (χ1v) is 5.65. The van der Waals surface area contributed by atoms with Crippen LogP contribution in [0.5, 0.6) is 0 Å². The minimum absolute atomic E-state index is 0.341. The second-order valence-corrected chi connectivity index (χ2v) is 3.82. The summed E-state index contributed by atoms with van der Waals surface area (Å²) in [5.74, 6) is 1.54. The van der Waals surface area contributed by atoms with E-state index in [1.807, 2.05) is 31.1 Å². The molecule has 13 heavy (non-hydrogen) atoms. The van der Waals surface area contributed by atoms with Crippen LogP contribution >= 0.6 is 11.8 Å². The smallest absolute Gasteiger partial charge is 0.0934 e. The summed E-state index contributed by atoms with van der Waals surface area (Å²) >= 11 is 1.87. The monoisotopic (exact) mass is 201 g/mol. The van der Waals surface area contributed by atoms with E-state index in [2.05, 4.69) is 11.2 Å². The lowest BCUT2D eigenvalue weighted by atomic mass is 10.4. The zero-order valence-corrected chi connectivity index (χ0v) is 9.18. The van der Waals surface area contributed by atoms with E-state index in [1.54, 1.807) is 6.08 Å². The number of hydrogen-bond acceptors (Lipinski definition) is 4. The van der Waals surface area contributed by atoms with Crippen molar-refractivity contribution in [3.05, 3.63) is 24.2 Å². The van der Waals surface area contributed by atoms with Gasteiger partial charge in [-0.15, -0.1) is 0 Å². The van der Waals surface area contributed by atoms with Crippen molar-refractivity contribution in [2.75, 3.05) is 25.6 Å². The van der Waals surface area contributed by atoms with Crippen LogP contribution in [0, 0.1) is 0 Å². The lowest BCUT2D eigenvalue weighted by Crippen LogP contribution is -2.12. The van der Waals surface area contributed by atoms with Gasteiger partial charge in [0.2, 0.25) is 0 Å². The van der Waals surface area contributed by atoms with Crippen molar-refractivity contribution in [2.24, 2.45) is 11.5 Å². The van der Waals surface area contributed by atoms with Gasteiger partial charge in [-0.25, -0.2) is 0 Å². The van der Waals surface area contributed by atoms with Crippen molar-refractivity contribution in [3.63, 3.8) is 0 Å². The van der Waals surface area contributed by atoms with E-state index in [4.69, 9.17) is 11.5 Å². The predicted octanol–water partition coefficient (Wildman–Crippen LogP) is 0.944. The highest BCUT2D eigenvalue weighted by atomic mass is 32.2. The van der Waals surface area contributed by atoms with Crippen molar-refractivity contribution >= 4 is 11.8 Å². The Morgan fingerprint density at radius 1 is 1.46 bits per heavy atom. The SMILES string of the molecule is CSCCCN(C)/C=C/C=C(N)N. The minimum atomic E-state index is 0.341. The van der Waals surface area contributed by atoms with E-state index in [-0.39, 0.29) is 0 Å². The second kappa shape index (κ2) is 7.86. The Bertz CT molecular complexity index is 174. The predicted molar refractivity (Wildman–Crippen MR) is 61.2 cm³/mol. The van der Waals surface area contributed by atoms with Gasteiger partial charge in [0, 0.05) is 13.6 Å². The molecule has 76 valence electrons. The topological polar surface area (TPSA) is 55.3 Å². The molecule has 0 aromatic heterocycles. The largest absolute Gasteiger partial charge is 0.386 e. The molecule has 0 amide bonds. The molecule has 3 nitrogen and oxygen atoms in total. The molecule has 0 aromatic rings. The van der Waals surface area contributed by atoms with Crippen molar-refractivity contribution in [1.82, 2.24) is 4.90 Å². The van der Waals surface area contributed by atoms with Gasteiger partial charge in [-0.1, -0.05) is 0 Å². The molecule has 4 heteroatoms. The number of hydrogen-bond donors (Lipinski definition) is 2. The lowest BCUT2D eigenvalue weighted by molar-refractivity contribution is 0.456. The van der Waals surface area contributed by atoms with Crippen LogP contribution in [-0.2, 0) is 0 Å². The number of thioether (sulfide) groups is 1. The maximum Gasteiger partial charge on any atom is 0.0934 e. The Hall–Kier alpha value is -0.770. The summed E-state index contributed by atoms with van der Waals surface area (Å²) in [5.41, 5.74) is 10.5. The number of nitrogens with zero attached hydrogens (tertiary/aromatic N) is 1. The summed E-state index contributed by atoms with van der Waals surface area (Å²) < 4.78 is 0. The number of nitrogens with two attached hydrogens (primary N) is 2. The van der Waals surface area contributed by atoms with Crippen molar-refractivity contribution < 1.29 is 0 Å². The van der Waals surface area contributed by atoms with Crippen LogP contribution in [0.4, 0.5) is 0 Å². The average Bonchev–Trinajstić information content (AvgIpc) is 2.04. The van der Waals surface area contributed by atoms with E-state index in [1.165, 1.54) is 12.2 Å². The molecule has 0 unspecified atom stereocenters. The van der Waals surface area contributed by atoms with Gasteiger partial charge in [-0.3, -0.25) is 0 Å². The fraction of sp³-hybridized carbons (Fsp3) is 0.556. The van der Waals surface area contributed by atoms with Crippen LogP contribution in [0.15, 0.2) is 24.2 Å². The maximum atomic E-state index is 5.27. The van der Waals surface area contributed by atoms with Gasteiger partial charge in [-0.2, -0.15) is 11.8 Å². The Balaban J connectivity index is 3.55. The molecule has 0 heterocycles. The third kappa shape index (κ3) is 9.14. The highest BCUT2D eigenvalue weighted by molar-refractivity contribution is 7.98. The number of rotatable bonds is 6. The summed E-state index contributed by atoms with van der Waals surface area (Å²) in [4.78, 5) is 2.12. The third-order valence-corrected chi connectivity index (χ3v) is 2.19. The maximum absolute atomic E-state index is 5.27. The highest BCUT2D eigenvalue weighted by Crippen LogP contribution is 1.97. The zero-order chi connectivity index (χ0) is 10.1. The van der Waals surface area contributed by atoms with Crippen LogP contribution in [-0.4, -0.2) is 30.5 Å². The molecule has 0 fully saturated rings. The summed E-state index contributed by atoms with van der Waals surface area (Å²) in [5, 5.41) is 0. The van der Waals surface area contributed by atoms with Crippen LogP contribution in [0.2, 0.25) is 0 Å². The average molecular weight is 201 g/mol. The molecule has 0 spiro atoms. The quantitative estimate of drug-likeness (QED) is 0.496. The minimum Gasteiger partial charge on any atom is -0.386 e. The van der Waals surface area contributed by atoms with Gasteiger partial charge in [0.1, 0.15) is 0 Å². The zero-order valence-electron chi connectivity index (χ0n) is 8.36. The summed E-state index contributed by atoms with van der Waals surface area (Å²) in [6, 6.07) is 0. The van der Waals surface area contributed by atoms with Crippen LogP contribution in [0.3, 0.4) is 0 Å². The molecule has 0 aliphatic carbocycles. The number of allylic oxidation sites excluding steroid dienone is 2. The van der Waals surface area contributed by atoms with Crippen molar-refractivity contribution in [2.45, 2.75) is 6.42 Å². The van der Waals surface area contributed by atoms with Gasteiger partial charge in [0.25, 0.3) is 0 Å². The summed E-state index contributed by atoms with van der Waals surface area (Å²) in [6.45, 7) is 1.07. The van der Waals surface area contributed by atoms with E-state index in [0.717, 1.165) is 6.54 Å². The fourth-order valence-electron chi connectivity index (χ4n) is 0.834. The van der Waals surface area contributed by atoms with E-state index >= 15 is 0 Å². The highest BCUT2D eigenvalue weighted by Gasteiger charge is 1.89. The Labute approximate surface area is 84.8 Å². The lowest BCUT2D eigenvalue weighted by Gasteiger charge is -2.12. The molecular weight excluding hydrogens is 182 g/mol. The van der Waals surface area contributed by atoms with E-state index in [0.29, 0.717) is 5.82 Å². The van der Waals surface area contributed by atoms with Crippen molar-refractivity contribution in [1.29, 1.82) is 0 Å². The first-order chi connectivity index (χ1) is 6.16. The van der Waals surface area contributed by atoms with Crippen LogP contribution in [0.1, 0.15) is 6.42 Å². The van der Waals surface area contributed by atoms with Gasteiger partial charge >= 0.3 is 0 Å². The fourth-order valence-corrected chi connectivity index (χ4v) is 1.25. The molecule has 0 aromatic carbocycles. The molecule has 4 N–H and O–H groups in total. The molecule has 0 bridgehead atoms. The standard InChI is InChI=1S/C9H19N3S/c1-12(7-4-8-13-2)6-3-5-9(10)11/h3,5-6H,4,7-8,10-11H2,1-2H3/b6-3+. The van der Waals surface area contributed by atoms with E-state index in [9.17, 15) is 0 Å². The van der Waals surface area contributed by atoms with E-state index < -0.39 is 0 Å². The Morgan fingerprint density at radius 2 is 2.15 bits per heavy atom. The van der Waals surface area contributed by atoms with Crippen LogP contribution < -0.4 is 11.5 Å². The molecule has 0 atom stereocenters. The molecule has 0 saturated heterocycles. The first kappa shape index (κ1) is 12.2.